The lowest BCUT2D eigenvalue weighted by atomic mass is 10.1. The van der Waals surface area contributed by atoms with Crippen molar-refractivity contribution in [3.8, 4) is 0 Å². The average molecular weight is 326 g/mol. The molecule has 0 saturated carbocycles. The molecule has 0 N–H and O–H groups in total. The number of carbonyl (C=O) groups is 2. The molecule has 0 aliphatic rings. The third-order valence-corrected chi connectivity index (χ3v) is 4.14. The predicted octanol–water partition coefficient (Wildman–Crippen LogP) is 1.81. The van der Waals surface area contributed by atoms with E-state index in [-0.39, 0.29) is 18.9 Å². The van der Waals surface area contributed by atoms with Crippen LogP contribution in [-0.4, -0.2) is 37.9 Å². The number of fused-ring (bicyclic) bond motifs is 1. The molecule has 2 aromatic heterocycles. The van der Waals surface area contributed by atoms with Gasteiger partial charge in [0.15, 0.2) is 6.61 Å². The van der Waals surface area contributed by atoms with Crippen molar-refractivity contribution in [1.82, 2.24) is 19.6 Å². The van der Waals surface area contributed by atoms with Crippen LogP contribution in [-0.2, 0) is 23.1 Å². The number of para-hydroxylation sites is 1. The van der Waals surface area contributed by atoms with Crippen molar-refractivity contribution in [3.63, 3.8) is 0 Å². The van der Waals surface area contributed by atoms with Gasteiger partial charge in [-0.2, -0.15) is 0 Å². The molecule has 0 amide bonds. The first-order valence-electron chi connectivity index (χ1n) is 7.57. The minimum Gasteiger partial charge on any atom is -0.456 e. The number of rotatable bonds is 5. The van der Waals surface area contributed by atoms with Gasteiger partial charge in [0.1, 0.15) is 12.1 Å². The summed E-state index contributed by atoms with van der Waals surface area (Å²) in [7, 11) is 1.89. The van der Waals surface area contributed by atoms with Crippen LogP contribution in [0.15, 0.2) is 30.3 Å². The maximum atomic E-state index is 12.2. The smallest absolute Gasteiger partial charge is 0.328 e. The molecule has 0 spiro atoms. The van der Waals surface area contributed by atoms with E-state index in [0.29, 0.717) is 11.1 Å². The molecule has 7 heteroatoms. The van der Waals surface area contributed by atoms with Crippen LogP contribution in [0, 0.1) is 13.8 Å². The van der Waals surface area contributed by atoms with Gasteiger partial charge in [-0.1, -0.05) is 17.3 Å². The van der Waals surface area contributed by atoms with Crippen LogP contribution in [0.2, 0.25) is 0 Å². The number of nitrogens with zero attached hydrogens (tertiary/aromatic N) is 4. The van der Waals surface area contributed by atoms with Gasteiger partial charge in [0.05, 0.1) is 5.52 Å². The number of aryl methyl sites for hydroxylation is 1. The van der Waals surface area contributed by atoms with E-state index in [9.17, 15) is 9.59 Å². The summed E-state index contributed by atoms with van der Waals surface area (Å²) in [5.41, 5.74) is 3.87. The van der Waals surface area contributed by atoms with E-state index in [1.807, 2.05) is 49.7 Å². The highest BCUT2D eigenvalue weighted by molar-refractivity contribution is 5.99. The lowest BCUT2D eigenvalue weighted by Gasteiger charge is -2.05. The Morgan fingerprint density at radius 1 is 1.21 bits per heavy atom. The van der Waals surface area contributed by atoms with Crippen molar-refractivity contribution in [1.29, 1.82) is 0 Å². The molecule has 24 heavy (non-hydrogen) atoms. The maximum absolute atomic E-state index is 12.2. The summed E-state index contributed by atoms with van der Waals surface area (Å²) in [5, 5.41) is 7.90. The number of aromatic nitrogens is 4. The van der Waals surface area contributed by atoms with Crippen molar-refractivity contribution >= 4 is 22.8 Å². The molecule has 0 aliphatic heterocycles. The zero-order valence-corrected chi connectivity index (χ0v) is 13.8. The zero-order valence-electron chi connectivity index (χ0n) is 13.8. The fourth-order valence-electron chi connectivity index (χ4n) is 2.56. The Kier molecular flexibility index (Phi) is 4.16. The highest BCUT2D eigenvalue weighted by Crippen LogP contribution is 2.14. The van der Waals surface area contributed by atoms with Crippen LogP contribution in [0.1, 0.15) is 21.7 Å². The number of benzene rings is 1. The third kappa shape index (κ3) is 2.92. The summed E-state index contributed by atoms with van der Waals surface area (Å²) in [6.45, 7) is 3.42. The van der Waals surface area contributed by atoms with Crippen LogP contribution >= 0.6 is 0 Å². The Morgan fingerprint density at radius 3 is 2.67 bits per heavy atom. The topological polar surface area (TPSA) is 79.0 Å². The molecular weight excluding hydrogens is 308 g/mol. The summed E-state index contributed by atoms with van der Waals surface area (Å²) in [6, 6.07) is 9.13. The van der Waals surface area contributed by atoms with Gasteiger partial charge in [0, 0.05) is 24.0 Å². The highest BCUT2D eigenvalue weighted by Gasteiger charge is 2.16. The molecule has 2 heterocycles. The standard InChI is InChI=1S/C17H18N4O3/c1-11-8-13(12(2)20(11)3)16(22)10-24-17(23)9-21-15-7-5-4-6-14(15)18-19-21/h4-8H,9-10H2,1-3H3. The second-order valence-corrected chi connectivity index (χ2v) is 5.66. The van der Waals surface area contributed by atoms with Crippen molar-refractivity contribution in [2.24, 2.45) is 7.05 Å². The second-order valence-electron chi connectivity index (χ2n) is 5.66. The van der Waals surface area contributed by atoms with E-state index in [4.69, 9.17) is 4.74 Å². The van der Waals surface area contributed by atoms with E-state index in [1.54, 1.807) is 6.07 Å². The van der Waals surface area contributed by atoms with Crippen molar-refractivity contribution < 1.29 is 14.3 Å². The van der Waals surface area contributed by atoms with E-state index >= 15 is 0 Å². The number of hydrogen-bond acceptors (Lipinski definition) is 5. The van der Waals surface area contributed by atoms with Crippen molar-refractivity contribution in [2.45, 2.75) is 20.4 Å². The minimum absolute atomic E-state index is 0.0827. The van der Waals surface area contributed by atoms with Crippen LogP contribution in [0.25, 0.3) is 11.0 Å². The zero-order chi connectivity index (χ0) is 17.3. The number of carbonyl (C=O) groups excluding carboxylic acids is 2. The maximum Gasteiger partial charge on any atom is 0.328 e. The quantitative estimate of drug-likeness (QED) is 0.528. The molecule has 0 unspecified atom stereocenters. The number of ether oxygens (including phenoxy) is 1. The van der Waals surface area contributed by atoms with E-state index in [1.165, 1.54) is 4.68 Å². The molecule has 3 aromatic rings. The van der Waals surface area contributed by atoms with Crippen molar-refractivity contribution in [2.75, 3.05) is 6.61 Å². The van der Waals surface area contributed by atoms with Crippen LogP contribution in [0.5, 0.6) is 0 Å². The Labute approximate surface area is 138 Å². The SMILES string of the molecule is Cc1cc(C(=O)COC(=O)Cn2nnc3ccccc32)c(C)n1C. The molecule has 0 atom stereocenters. The molecule has 0 fully saturated rings. The van der Waals surface area contributed by atoms with Gasteiger partial charge in [0.25, 0.3) is 0 Å². The second kappa shape index (κ2) is 6.27. The molecule has 3 rings (SSSR count). The Hall–Kier alpha value is -2.96. The average Bonchev–Trinajstić information content (AvgIpc) is 3.09. The molecule has 0 bridgehead atoms. The van der Waals surface area contributed by atoms with E-state index in [2.05, 4.69) is 10.3 Å². The van der Waals surface area contributed by atoms with Crippen molar-refractivity contribution in [3.05, 3.63) is 47.3 Å². The van der Waals surface area contributed by atoms with Gasteiger partial charge in [-0.05, 0) is 32.0 Å². The largest absolute Gasteiger partial charge is 0.456 e. The summed E-state index contributed by atoms with van der Waals surface area (Å²) >= 11 is 0. The van der Waals surface area contributed by atoms with E-state index in [0.717, 1.165) is 16.9 Å². The normalized spacial score (nSPS) is 11.0. The van der Waals surface area contributed by atoms with Gasteiger partial charge in [-0.3, -0.25) is 9.59 Å². The molecule has 0 saturated heterocycles. The molecule has 7 nitrogen and oxygen atoms in total. The van der Waals surface area contributed by atoms with Gasteiger partial charge in [-0.15, -0.1) is 5.10 Å². The van der Waals surface area contributed by atoms with Crippen LogP contribution in [0.4, 0.5) is 0 Å². The molecule has 0 aliphatic carbocycles. The van der Waals surface area contributed by atoms with Crippen LogP contribution in [0.3, 0.4) is 0 Å². The fourth-order valence-corrected chi connectivity index (χ4v) is 2.56. The predicted molar refractivity (Wildman–Crippen MR) is 87.7 cm³/mol. The number of Topliss-reactive ketones (excluding diaryl/α,β-unsaturated/α-hetero) is 1. The first-order valence-corrected chi connectivity index (χ1v) is 7.57. The van der Waals surface area contributed by atoms with Gasteiger partial charge in [-0.25, -0.2) is 4.68 Å². The summed E-state index contributed by atoms with van der Waals surface area (Å²) < 4.78 is 8.48. The first-order chi connectivity index (χ1) is 11.5. The van der Waals surface area contributed by atoms with Gasteiger partial charge in [0.2, 0.25) is 5.78 Å². The lowest BCUT2D eigenvalue weighted by molar-refractivity contribution is -0.143. The molecular formula is C17H18N4O3. The van der Waals surface area contributed by atoms with Crippen LogP contribution < -0.4 is 0 Å². The Balaban J connectivity index is 1.63. The Bertz CT molecular complexity index is 923. The highest BCUT2D eigenvalue weighted by atomic mass is 16.5. The fraction of sp³-hybridized carbons (Fsp3) is 0.294. The molecule has 124 valence electrons. The van der Waals surface area contributed by atoms with Gasteiger partial charge < -0.3 is 9.30 Å². The Morgan fingerprint density at radius 2 is 1.96 bits per heavy atom. The number of ketones is 1. The lowest BCUT2D eigenvalue weighted by Crippen LogP contribution is -2.19. The first kappa shape index (κ1) is 15.9. The number of esters is 1. The summed E-state index contributed by atoms with van der Waals surface area (Å²) in [5.74, 6) is -0.739. The molecule has 1 aromatic carbocycles. The third-order valence-electron chi connectivity index (χ3n) is 4.14. The number of hydrogen-bond donors (Lipinski definition) is 0. The van der Waals surface area contributed by atoms with E-state index < -0.39 is 5.97 Å². The summed E-state index contributed by atoms with van der Waals surface area (Å²) in [4.78, 5) is 24.2. The minimum atomic E-state index is -0.524. The summed E-state index contributed by atoms with van der Waals surface area (Å²) in [6.07, 6.45) is 0. The monoisotopic (exact) mass is 326 g/mol. The van der Waals surface area contributed by atoms with Gasteiger partial charge >= 0.3 is 5.97 Å². The molecule has 0 radical (unpaired) electrons.